The van der Waals surface area contributed by atoms with Gasteiger partial charge in [0.25, 0.3) is 0 Å². The Hall–Kier alpha value is -4.28. The summed E-state index contributed by atoms with van der Waals surface area (Å²) in [5.74, 6) is 0.0169. The molecule has 228 valence electrons. The summed E-state index contributed by atoms with van der Waals surface area (Å²) >= 11 is 0. The molecule has 2 fully saturated rings. The van der Waals surface area contributed by atoms with Gasteiger partial charge in [-0.25, -0.2) is 4.39 Å². The van der Waals surface area contributed by atoms with Crippen LogP contribution in [0.3, 0.4) is 0 Å². The van der Waals surface area contributed by atoms with E-state index >= 15 is 4.39 Å². The molecule has 10 heteroatoms. The third kappa shape index (κ3) is 5.01. The highest BCUT2D eigenvalue weighted by Crippen LogP contribution is 2.48. The molecule has 3 unspecified atom stereocenters. The van der Waals surface area contributed by atoms with Gasteiger partial charge in [0, 0.05) is 51.9 Å². The Bertz CT molecular complexity index is 1870. The first-order valence-electron chi connectivity index (χ1n) is 15.4. The topological polar surface area (TPSA) is 105 Å². The summed E-state index contributed by atoms with van der Waals surface area (Å²) in [5, 5.41) is 5.48. The molecule has 4 heterocycles. The fourth-order valence-electron chi connectivity index (χ4n) is 6.80. The number of nitrogens with zero attached hydrogens (tertiary/aromatic N) is 4. The van der Waals surface area contributed by atoms with Gasteiger partial charge in [-0.15, -0.1) is 0 Å². The predicted octanol–water partition coefficient (Wildman–Crippen LogP) is 4.60. The molecule has 0 aliphatic carbocycles. The lowest BCUT2D eigenvalue weighted by Crippen LogP contribution is -2.36. The van der Waals surface area contributed by atoms with Gasteiger partial charge in [-0.2, -0.15) is 0 Å². The minimum absolute atomic E-state index is 0.00990. The van der Waals surface area contributed by atoms with Crippen LogP contribution in [0.1, 0.15) is 42.5 Å². The van der Waals surface area contributed by atoms with Gasteiger partial charge in [0.1, 0.15) is 11.2 Å². The van der Waals surface area contributed by atoms with Gasteiger partial charge in [0.15, 0.2) is 28.5 Å². The van der Waals surface area contributed by atoms with Crippen LogP contribution in [-0.2, 0) is 0 Å². The van der Waals surface area contributed by atoms with Crippen molar-refractivity contribution in [3.63, 3.8) is 0 Å². The van der Waals surface area contributed by atoms with E-state index in [4.69, 9.17) is 10.5 Å². The number of anilines is 1. The molecule has 9 nitrogen and oxygen atoms in total. The predicted molar refractivity (Wildman–Crippen MR) is 172 cm³/mol. The van der Waals surface area contributed by atoms with Crippen molar-refractivity contribution in [1.82, 2.24) is 14.8 Å². The van der Waals surface area contributed by atoms with Crippen LogP contribution in [-0.4, -0.2) is 73.4 Å². The number of pyridine rings is 1. The molecule has 0 saturated carbocycles. The first kappa shape index (κ1) is 28.5. The fourth-order valence-corrected chi connectivity index (χ4v) is 6.80. The molecule has 3 atom stereocenters. The minimum Gasteiger partial charge on any atom is -0.451 e. The van der Waals surface area contributed by atoms with Crippen molar-refractivity contribution in [2.24, 2.45) is 10.7 Å². The van der Waals surface area contributed by atoms with E-state index in [9.17, 15) is 9.59 Å². The number of benzene rings is 3. The SMILES string of the molecule is CN(C)C=NC1CCN(c2c(F)cc3c(=O)c(C(=O)CCCC4NCCC4N)cn4c3c2Oc2cc3ccccc3cc2-4)C1. The van der Waals surface area contributed by atoms with Crippen LogP contribution in [0, 0.1) is 5.82 Å². The summed E-state index contributed by atoms with van der Waals surface area (Å²) in [4.78, 5) is 35.9. The van der Waals surface area contributed by atoms with Crippen molar-refractivity contribution in [3.8, 4) is 17.2 Å². The average Bonchev–Trinajstić information content (AvgIpc) is 3.65. The highest BCUT2D eigenvalue weighted by Gasteiger charge is 2.33. The lowest BCUT2D eigenvalue weighted by atomic mass is 9.99. The number of aliphatic imine (C=N–C) groups is 1. The van der Waals surface area contributed by atoms with Crippen LogP contribution in [0.4, 0.5) is 10.1 Å². The van der Waals surface area contributed by atoms with E-state index in [0.717, 1.165) is 36.6 Å². The van der Waals surface area contributed by atoms with Crippen molar-refractivity contribution < 1.29 is 13.9 Å². The number of hydrogen-bond donors (Lipinski definition) is 2. The second-order valence-corrected chi connectivity index (χ2v) is 12.4. The Morgan fingerprint density at radius 3 is 2.75 bits per heavy atom. The first-order chi connectivity index (χ1) is 21.3. The van der Waals surface area contributed by atoms with Gasteiger partial charge in [-0.05, 0) is 61.2 Å². The zero-order valence-corrected chi connectivity index (χ0v) is 25.1. The third-order valence-corrected chi connectivity index (χ3v) is 9.08. The largest absolute Gasteiger partial charge is 0.451 e. The summed E-state index contributed by atoms with van der Waals surface area (Å²) in [6.07, 6.45) is 6.67. The van der Waals surface area contributed by atoms with E-state index in [2.05, 4.69) is 10.3 Å². The molecule has 7 rings (SSSR count). The normalized spacial score (nSPS) is 20.9. The Labute approximate surface area is 255 Å². The standard InChI is InChI=1S/C34H37FN6O3/c1-39(2)19-38-22-11-13-40(17-22)32-25(35)16-23-31-34(32)44-30-15-21-7-4-3-6-20(21)14-28(30)41(31)18-24(33(23)43)29(42)9-5-8-27-26(36)10-12-37-27/h3-4,6-7,14-16,18-19,22,26-27,37H,5,8-13,17,36H2,1-2H3. The molecule has 3 aliphatic rings. The van der Waals surface area contributed by atoms with E-state index in [1.807, 2.05) is 64.9 Å². The third-order valence-electron chi connectivity index (χ3n) is 9.08. The van der Waals surface area contributed by atoms with Crippen LogP contribution in [0.15, 0.2) is 58.4 Å². The summed E-state index contributed by atoms with van der Waals surface area (Å²) in [6, 6.07) is 13.4. The number of fused-ring (bicyclic) bond motifs is 3. The van der Waals surface area contributed by atoms with Crippen LogP contribution in [0.25, 0.3) is 27.4 Å². The summed E-state index contributed by atoms with van der Waals surface area (Å²) in [6.45, 7) is 2.00. The number of Topliss-reactive ketones (excluding diaryl/α,β-unsaturated/α-hetero) is 1. The van der Waals surface area contributed by atoms with E-state index in [1.54, 1.807) is 12.5 Å². The monoisotopic (exact) mass is 596 g/mol. The first-order valence-corrected chi connectivity index (χ1v) is 15.4. The van der Waals surface area contributed by atoms with Crippen molar-refractivity contribution in [1.29, 1.82) is 0 Å². The maximum Gasteiger partial charge on any atom is 0.200 e. The Morgan fingerprint density at radius 2 is 2.00 bits per heavy atom. The van der Waals surface area contributed by atoms with E-state index in [0.29, 0.717) is 42.2 Å². The summed E-state index contributed by atoms with van der Waals surface area (Å²) in [7, 11) is 3.83. The molecule has 0 amide bonds. The number of ketones is 1. The lowest BCUT2D eigenvalue weighted by molar-refractivity contribution is 0.0977. The zero-order valence-electron chi connectivity index (χ0n) is 25.1. The average molecular weight is 597 g/mol. The second kappa shape index (κ2) is 11.3. The number of ether oxygens (including phenoxy) is 1. The van der Waals surface area contributed by atoms with Gasteiger partial charge < -0.3 is 30.2 Å². The molecule has 0 spiro atoms. The fraction of sp³-hybridized carbons (Fsp3) is 0.382. The van der Waals surface area contributed by atoms with E-state index in [-0.39, 0.29) is 47.0 Å². The van der Waals surface area contributed by atoms with Crippen LogP contribution in [0.5, 0.6) is 11.5 Å². The van der Waals surface area contributed by atoms with Gasteiger partial charge in [-0.1, -0.05) is 24.3 Å². The summed E-state index contributed by atoms with van der Waals surface area (Å²) < 4.78 is 24.5. The number of carbonyl (C=O) groups is 1. The van der Waals surface area contributed by atoms with E-state index in [1.165, 1.54) is 6.07 Å². The highest BCUT2D eigenvalue weighted by atomic mass is 19.1. The number of nitrogens with one attached hydrogen (secondary N) is 1. The number of nitrogens with two attached hydrogens (primary N) is 1. The number of carbonyl (C=O) groups excluding carboxylic acids is 1. The number of rotatable bonds is 8. The van der Waals surface area contributed by atoms with Crippen molar-refractivity contribution >= 4 is 39.5 Å². The molecule has 3 aromatic carbocycles. The molecule has 1 aromatic heterocycles. The number of hydrogen-bond acceptors (Lipinski definition) is 7. The second-order valence-electron chi connectivity index (χ2n) is 12.4. The molecular formula is C34H37FN6O3. The Morgan fingerprint density at radius 1 is 1.20 bits per heavy atom. The number of aromatic nitrogens is 1. The van der Waals surface area contributed by atoms with Crippen molar-refractivity contribution in [3.05, 3.63) is 70.3 Å². The van der Waals surface area contributed by atoms with Crippen LogP contribution >= 0.6 is 0 Å². The quantitative estimate of drug-likeness (QED) is 0.153. The van der Waals surface area contributed by atoms with Crippen molar-refractivity contribution in [2.75, 3.05) is 38.6 Å². The molecule has 0 radical (unpaired) electrons. The molecule has 3 aliphatic heterocycles. The maximum absolute atomic E-state index is 16.1. The molecule has 0 bridgehead atoms. The molecule has 4 aromatic rings. The smallest absolute Gasteiger partial charge is 0.200 e. The van der Waals surface area contributed by atoms with Gasteiger partial charge in [0.2, 0.25) is 0 Å². The highest BCUT2D eigenvalue weighted by molar-refractivity contribution is 6.03. The van der Waals surface area contributed by atoms with Crippen molar-refractivity contribution in [2.45, 2.75) is 50.2 Å². The maximum atomic E-state index is 16.1. The Kier molecular flexibility index (Phi) is 7.34. The number of halogens is 1. The van der Waals surface area contributed by atoms with Gasteiger partial charge >= 0.3 is 0 Å². The van der Waals surface area contributed by atoms with E-state index < -0.39 is 11.2 Å². The van der Waals surface area contributed by atoms with Crippen LogP contribution < -0.4 is 26.1 Å². The van der Waals surface area contributed by atoms with Gasteiger partial charge in [-0.3, -0.25) is 14.6 Å². The molecule has 3 N–H and O–H groups in total. The zero-order chi connectivity index (χ0) is 30.5. The Balaban J connectivity index is 1.33. The summed E-state index contributed by atoms with van der Waals surface area (Å²) in [5.41, 5.74) is 7.23. The van der Waals surface area contributed by atoms with Gasteiger partial charge in [0.05, 0.1) is 29.0 Å². The molecular weight excluding hydrogens is 559 g/mol. The van der Waals surface area contributed by atoms with Crippen LogP contribution in [0.2, 0.25) is 0 Å². The molecule has 44 heavy (non-hydrogen) atoms. The lowest BCUT2D eigenvalue weighted by Gasteiger charge is -2.29. The molecule has 2 saturated heterocycles. The minimum atomic E-state index is -0.552.